The molecule has 0 aliphatic heterocycles. The number of hydrogen-bond donors (Lipinski definition) is 3. The molecule has 0 radical (unpaired) electrons. The number of rotatable bonds is 5. The van der Waals surface area contributed by atoms with Crippen LogP contribution in [0.4, 0.5) is 10.8 Å². The van der Waals surface area contributed by atoms with Gasteiger partial charge in [-0.2, -0.15) is 0 Å². The molecule has 0 amide bonds. The van der Waals surface area contributed by atoms with Crippen LogP contribution in [0.15, 0.2) is 18.2 Å². The highest BCUT2D eigenvalue weighted by Gasteiger charge is 2.06. The van der Waals surface area contributed by atoms with Crippen LogP contribution in [0.3, 0.4) is 0 Å². The van der Waals surface area contributed by atoms with Gasteiger partial charge in [-0.05, 0) is 24.6 Å². The molecule has 4 N–H and O–H groups in total. The number of nitrogens with zero attached hydrogens (tertiary/aromatic N) is 1. The van der Waals surface area contributed by atoms with Crippen molar-refractivity contribution >= 4 is 32.4 Å². The monoisotopic (exact) mass is 251 g/mol. The predicted octanol–water partition coefficient (Wildman–Crippen LogP) is 2.45. The zero-order valence-electron chi connectivity index (χ0n) is 9.81. The van der Waals surface area contributed by atoms with Crippen LogP contribution >= 0.6 is 11.3 Å². The lowest BCUT2D eigenvalue weighted by Crippen LogP contribution is -2.18. The minimum absolute atomic E-state index is 0.308. The predicted molar refractivity (Wildman–Crippen MR) is 73.4 cm³/mol. The number of aliphatic hydroxyl groups excluding tert-OH is 1. The van der Waals surface area contributed by atoms with E-state index in [2.05, 4.69) is 17.2 Å². The molecule has 0 bridgehead atoms. The van der Waals surface area contributed by atoms with Crippen LogP contribution < -0.4 is 11.1 Å². The highest BCUT2D eigenvalue weighted by atomic mass is 32.1. The average molecular weight is 251 g/mol. The van der Waals surface area contributed by atoms with Gasteiger partial charge in [0, 0.05) is 12.2 Å². The SMILES string of the molecule is CCCC(O)CNc1nc2ccc(N)cc2s1. The molecule has 0 spiro atoms. The van der Waals surface area contributed by atoms with Gasteiger partial charge in [0.2, 0.25) is 0 Å². The Morgan fingerprint density at radius 3 is 3.12 bits per heavy atom. The normalized spacial score (nSPS) is 12.8. The van der Waals surface area contributed by atoms with Crippen LogP contribution in [0.2, 0.25) is 0 Å². The van der Waals surface area contributed by atoms with Gasteiger partial charge < -0.3 is 16.2 Å². The minimum Gasteiger partial charge on any atom is -0.399 e. The van der Waals surface area contributed by atoms with Crippen LogP contribution in [0, 0.1) is 0 Å². The Hall–Kier alpha value is -1.33. The molecule has 92 valence electrons. The number of aromatic nitrogens is 1. The van der Waals surface area contributed by atoms with E-state index in [-0.39, 0.29) is 6.10 Å². The molecule has 0 saturated carbocycles. The Morgan fingerprint density at radius 2 is 2.35 bits per heavy atom. The van der Waals surface area contributed by atoms with E-state index in [4.69, 9.17) is 5.73 Å². The fourth-order valence-corrected chi connectivity index (χ4v) is 2.58. The van der Waals surface area contributed by atoms with E-state index >= 15 is 0 Å². The highest BCUT2D eigenvalue weighted by molar-refractivity contribution is 7.22. The Bertz CT molecular complexity index is 497. The summed E-state index contributed by atoms with van der Waals surface area (Å²) >= 11 is 1.56. The van der Waals surface area contributed by atoms with Crippen molar-refractivity contribution in [2.45, 2.75) is 25.9 Å². The van der Waals surface area contributed by atoms with Crippen molar-refractivity contribution in [3.05, 3.63) is 18.2 Å². The van der Waals surface area contributed by atoms with Gasteiger partial charge in [-0.15, -0.1) is 0 Å². The number of aliphatic hydroxyl groups is 1. The standard InChI is InChI=1S/C12H17N3OS/c1-2-3-9(16)7-14-12-15-10-5-4-8(13)6-11(10)17-12/h4-6,9,16H,2-3,7,13H2,1H3,(H,14,15). The number of nitrogens with two attached hydrogens (primary N) is 1. The van der Waals surface area contributed by atoms with Crippen molar-refractivity contribution in [1.29, 1.82) is 0 Å². The summed E-state index contributed by atoms with van der Waals surface area (Å²) in [6, 6.07) is 5.67. The molecule has 2 rings (SSSR count). The third-order valence-corrected chi connectivity index (χ3v) is 3.50. The average Bonchev–Trinajstić information content (AvgIpc) is 2.68. The van der Waals surface area contributed by atoms with Crippen molar-refractivity contribution in [2.24, 2.45) is 0 Å². The molecule has 17 heavy (non-hydrogen) atoms. The molecule has 1 heterocycles. The summed E-state index contributed by atoms with van der Waals surface area (Å²) in [4.78, 5) is 4.43. The molecule has 0 aliphatic rings. The van der Waals surface area contributed by atoms with Gasteiger partial charge in [-0.3, -0.25) is 0 Å². The number of hydrogen-bond acceptors (Lipinski definition) is 5. The van der Waals surface area contributed by atoms with Crippen LogP contribution in [-0.4, -0.2) is 22.7 Å². The van der Waals surface area contributed by atoms with E-state index in [0.29, 0.717) is 6.54 Å². The molecule has 1 unspecified atom stereocenters. The maximum Gasteiger partial charge on any atom is 0.183 e. The fourth-order valence-electron chi connectivity index (χ4n) is 1.66. The number of nitrogens with one attached hydrogen (secondary N) is 1. The molecule has 4 nitrogen and oxygen atoms in total. The van der Waals surface area contributed by atoms with E-state index < -0.39 is 0 Å². The van der Waals surface area contributed by atoms with Crippen LogP contribution in [0.25, 0.3) is 10.2 Å². The quantitative estimate of drug-likeness (QED) is 0.714. The van der Waals surface area contributed by atoms with E-state index in [1.54, 1.807) is 11.3 Å². The first-order chi connectivity index (χ1) is 8.19. The molecule has 0 fully saturated rings. The number of anilines is 2. The Kier molecular flexibility index (Phi) is 3.81. The summed E-state index contributed by atoms with van der Waals surface area (Å²) in [7, 11) is 0. The van der Waals surface area contributed by atoms with Crippen molar-refractivity contribution in [3.63, 3.8) is 0 Å². The van der Waals surface area contributed by atoms with Crippen molar-refractivity contribution < 1.29 is 5.11 Å². The van der Waals surface area contributed by atoms with Crippen LogP contribution in [0.1, 0.15) is 19.8 Å². The Balaban J connectivity index is 2.04. The summed E-state index contributed by atoms with van der Waals surface area (Å²) < 4.78 is 1.07. The van der Waals surface area contributed by atoms with Gasteiger partial charge >= 0.3 is 0 Å². The summed E-state index contributed by atoms with van der Waals surface area (Å²) in [5.41, 5.74) is 7.40. The highest BCUT2D eigenvalue weighted by Crippen LogP contribution is 2.27. The maximum atomic E-state index is 9.62. The van der Waals surface area contributed by atoms with Gasteiger partial charge in [-0.1, -0.05) is 24.7 Å². The number of nitrogen functional groups attached to an aromatic ring is 1. The second-order valence-corrected chi connectivity index (χ2v) is 5.10. The van der Waals surface area contributed by atoms with E-state index in [0.717, 1.165) is 33.9 Å². The van der Waals surface area contributed by atoms with Gasteiger partial charge in [0.1, 0.15) is 0 Å². The molecular formula is C12H17N3OS. The van der Waals surface area contributed by atoms with E-state index in [9.17, 15) is 5.11 Å². The first kappa shape index (κ1) is 12.1. The minimum atomic E-state index is -0.308. The zero-order chi connectivity index (χ0) is 12.3. The number of fused-ring (bicyclic) bond motifs is 1. The number of benzene rings is 1. The number of thiazole rings is 1. The van der Waals surface area contributed by atoms with Gasteiger partial charge in [-0.25, -0.2) is 4.98 Å². The van der Waals surface area contributed by atoms with Crippen LogP contribution in [-0.2, 0) is 0 Å². The third kappa shape index (κ3) is 3.08. The summed E-state index contributed by atoms with van der Waals surface area (Å²) in [6.07, 6.45) is 1.49. The molecule has 1 atom stereocenters. The summed E-state index contributed by atoms with van der Waals surface area (Å²) in [5, 5.41) is 13.6. The zero-order valence-corrected chi connectivity index (χ0v) is 10.6. The Labute approximate surface area is 104 Å². The van der Waals surface area contributed by atoms with Gasteiger partial charge in [0.05, 0.1) is 16.3 Å². The molecular weight excluding hydrogens is 234 g/mol. The first-order valence-electron chi connectivity index (χ1n) is 5.77. The van der Waals surface area contributed by atoms with Crippen molar-refractivity contribution in [1.82, 2.24) is 4.98 Å². The third-order valence-electron chi connectivity index (χ3n) is 2.52. The summed E-state index contributed by atoms with van der Waals surface area (Å²) in [6.45, 7) is 2.60. The second-order valence-electron chi connectivity index (χ2n) is 4.07. The van der Waals surface area contributed by atoms with Gasteiger partial charge in [0.15, 0.2) is 5.13 Å². The molecule has 5 heteroatoms. The first-order valence-corrected chi connectivity index (χ1v) is 6.58. The molecule has 0 saturated heterocycles. The van der Waals surface area contributed by atoms with E-state index in [1.807, 2.05) is 18.2 Å². The summed E-state index contributed by atoms with van der Waals surface area (Å²) in [5.74, 6) is 0. The lowest BCUT2D eigenvalue weighted by atomic mass is 10.2. The van der Waals surface area contributed by atoms with Crippen molar-refractivity contribution in [3.8, 4) is 0 Å². The lowest BCUT2D eigenvalue weighted by Gasteiger charge is -2.08. The largest absolute Gasteiger partial charge is 0.399 e. The second kappa shape index (κ2) is 5.33. The Morgan fingerprint density at radius 1 is 1.53 bits per heavy atom. The maximum absolute atomic E-state index is 9.62. The molecule has 0 aliphatic carbocycles. The van der Waals surface area contributed by atoms with Crippen LogP contribution in [0.5, 0.6) is 0 Å². The smallest absolute Gasteiger partial charge is 0.183 e. The molecule has 1 aromatic heterocycles. The molecule has 2 aromatic rings. The molecule has 1 aromatic carbocycles. The van der Waals surface area contributed by atoms with E-state index in [1.165, 1.54) is 0 Å². The van der Waals surface area contributed by atoms with Gasteiger partial charge in [0.25, 0.3) is 0 Å². The van der Waals surface area contributed by atoms with Crippen molar-refractivity contribution in [2.75, 3.05) is 17.6 Å². The fraction of sp³-hybridized carbons (Fsp3) is 0.417. The topological polar surface area (TPSA) is 71.2 Å². The lowest BCUT2D eigenvalue weighted by molar-refractivity contribution is 0.176.